The summed E-state index contributed by atoms with van der Waals surface area (Å²) in [6.45, 7) is 5.21. The minimum atomic E-state index is -4.43. The fourth-order valence-corrected chi connectivity index (χ4v) is 3.39. The van der Waals surface area contributed by atoms with E-state index in [2.05, 4.69) is 6.92 Å². The Morgan fingerprint density at radius 1 is 1.19 bits per heavy atom. The summed E-state index contributed by atoms with van der Waals surface area (Å²) in [5, 5.41) is 0. The van der Waals surface area contributed by atoms with Crippen LogP contribution in [0.4, 0.5) is 3.89 Å². The van der Waals surface area contributed by atoms with Gasteiger partial charge in [0.1, 0.15) is 0 Å². The molecule has 96 valence electrons. The van der Waals surface area contributed by atoms with Gasteiger partial charge in [0.15, 0.2) is 0 Å². The molecule has 0 aromatic carbocycles. The van der Waals surface area contributed by atoms with E-state index >= 15 is 0 Å². The van der Waals surface area contributed by atoms with Gasteiger partial charge in [0.25, 0.3) is 0 Å². The summed E-state index contributed by atoms with van der Waals surface area (Å²) < 4.78 is 34.2. The van der Waals surface area contributed by atoms with Gasteiger partial charge in [-0.1, -0.05) is 32.6 Å². The number of halogens is 1. The Hall–Kier alpha value is -0.120. The summed E-state index contributed by atoms with van der Waals surface area (Å²) in [4.78, 5) is 0. The van der Waals surface area contributed by atoms with E-state index in [-0.39, 0.29) is 5.92 Å². The third-order valence-electron chi connectivity index (χ3n) is 4.16. The Morgan fingerprint density at radius 2 is 1.69 bits per heavy atom. The average Bonchev–Trinajstić information content (AvgIpc) is 2.17. The lowest BCUT2D eigenvalue weighted by Gasteiger charge is -2.36. The molecule has 0 atom stereocenters. The van der Waals surface area contributed by atoms with Gasteiger partial charge >= 0.3 is 10.2 Å². The molecule has 0 radical (unpaired) electrons. The first kappa shape index (κ1) is 13.9. The number of rotatable bonds is 4. The molecule has 0 bridgehead atoms. The van der Waals surface area contributed by atoms with E-state index in [0.717, 1.165) is 31.6 Å². The zero-order valence-electron chi connectivity index (χ0n) is 10.5. The SMILES string of the molecule is CCCC1CCC(C(C)(C)S(=O)(=O)F)CC1. The van der Waals surface area contributed by atoms with Crippen molar-refractivity contribution in [3.05, 3.63) is 0 Å². The maximum absolute atomic E-state index is 13.2. The van der Waals surface area contributed by atoms with Gasteiger partial charge in [-0.3, -0.25) is 0 Å². The number of hydrogen-bond donors (Lipinski definition) is 0. The first-order chi connectivity index (χ1) is 7.29. The molecule has 1 fully saturated rings. The molecule has 16 heavy (non-hydrogen) atoms. The summed E-state index contributed by atoms with van der Waals surface area (Å²) in [6.07, 6.45) is 6.20. The van der Waals surface area contributed by atoms with Crippen LogP contribution in [0.25, 0.3) is 0 Å². The zero-order chi connectivity index (χ0) is 12.4. The fraction of sp³-hybridized carbons (Fsp3) is 1.00. The Balaban J connectivity index is 2.60. The molecule has 0 unspecified atom stereocenters. The molecule has 0 N–H and O–H groups in total. The molecule has 2 nitrogen and oxygen atoms in total. The molecule has 0 aliphatic heterocycles. The van der Waals surface area contributed by atoms with Gasteiger partial charge in [-0.05, 0) is 38.5 Å². The minimum absolute atomic E-state index is 0.0180. The quantitative estimate of drug-likeness (QED) is 0.713. The molecule has 0 aromatic rings. The van der Waals surface area contributed by atoms with Crippen LogP contribution in [0.1, 0.15) is 59.3 Å². The standard InChI is InChI=1S/C12H23FO2S/c1-4-5-10-6-8-11(9-7-10)12(2,3)16(13,14)15/h10-11H,4-9H2,1-3H3. The van der Waals surface area contributed by atoms with Crippen molar-refractivity contribution in [2.45, 2.75) is 64.0 Å². The largest absolute Gasteiger partial charge is 0.307 e. The van der Waals surface area contributed by atoms with Crippen molar-refractivity contribution in [3.8, 4) is 0 Å². The van der Waals surface area contributed by atoms with Crippen molar-refractivity contribution in [1.29, 1.82) is 0 Å². The maximum atomic E-state index is 13.2. The van der Waals surface area contributed by atoms with Crippen LogP contribution >= 0.6 is 0 Å². The van der Waals surface area contributed by atoms with Crippen molar-refractivity contribution < 1.29 is 12.3 Å². The first-order valence-corrected chi connectivity index (χ1v) is 7.61. The Bertz CT molecular complexity index is 314. The van der Waals surface area contributed by atoms with Gasteiger partial charge in [-0.25, -0.2) is 0 Å². The predicted molar refractivity (Wildman–Crippen MR) is 64.5 cm³/mol. The van der Waals surface area contributed by atoms with Crippen molar-refractivity contribution in [2.75, 3.05) is 0 Å². The highest BCUT2D eigenvalue weighted by atomic mass is 32.3. The molecule has 0 aromatic heterocycles. The second-order valence-corrected chi connectivity index (χ2v) is 7.48. The molecule has 0 amide bonds. The van der Waals surface area contributed by atoms with Crippen LogP contribution in [0, 0.1) is 11.8 Å². The fourth-order valence-electron chi connectivity index (χ4n) is 2.75. The lowest BCUT2D eigenvalue weighted by Crippen LogP contribution is -2.39. The van der Waals surface area contributed by atoms with E-state index in [9.17, 15) is 12.3 Å². The second kappa shape index (κ2) is 5.03. The van der Waals surface area contributed by atoms with Crippen LogP contribution in [-0.2, 0) is 10.2 Å². The summed E-state index contributed by atoms with van der Waals surface area (Å²) >= 11 is 0. The predicted octanol–water partition coefficient (Wildman–Crippen LogP) is 3.67. The van der Waals surface area contributed by atoms with Crippen molar-refractivity contribution in [3.63, 3.8) is 0 Å². The molecule has 4 heteroatoms. The molecule has 0 spiro atoms. The van der Waals surface area contributed by atoms with Crippen LogP contribution in [-0.4, -0.2) is 13.2 Å². The Labute approximate surface area is 98.8 Å². The highest BCUT2D eigenvalue weighted by Crippen LogP contribution is 2.41. The average molecular weight is 250 g/mol. The zero-order valence-corrected chi connectivity index (χ0v) is 11.3. The van der Waals surface area contributed by atoms with Gasteiger partial charge in [0.05, 0.1) is 4.75 Å². The lowest BCUT2D eigenvalue weighted by molar-refractivity contribution is 0.223. The summed E-state index contributed by atoms with van der Waals surface area (Å²) in [5.74, 6) is 0.704. The summed E-state index contributed by atoms with van der Waals surface area (Å²) in [6, 6.07) is 0. The van der Waals surface area contributed by atoms with E-state index in [1.165, 1.54) is 26.7 Å². The molecule has 1 saturated carbocycles. The van der Waals surface area contributed by atoms with Crippen molar-refractivity contribution in [1.82, 2.24) is 0 Å². The van der Waals surface area contributed by atoms with Crippen LogP contribution in [0.2, 0.25) is 0 Å². The van der Waals surface area contributed by atoms with Gasteiger partial charge < -0.3 is 0 Å². The highest BCUT2D eigenvalue weighted by Gasteiger charge is 2.43. The Kier molecular flexibility index (Phi) is 4.38. The van der Waals surface area contributed by atoms with Crippen LogP contribution in [0.15, 0.2) is 0 Å². The maximum Gasteiger partial charge on any atom is 0.307 e. The minimum Gasteiger partial charge on any atom is -0.194 e. The molecular formula is C12H23FO2S. The second-order valence-electron chi connectivity index (χ2n) is 5.55. The van der Waals surface area contributed by atoms with Crippen molar-refractivity contribution >= 4 is 10.2 Å². The summed E-state index contributed by atoms with van der Waals surface area (Å²) in [7, 11) is -4.43. The Morgan fingerprint density at radius 3 is 2.06 bits per heavy atom. The highest BCUT2D eigenvalue weighted by molar-refractivity contribution is 7.87. The van der Waals surface area contributed by atoms with Gasteiger partial charge in [-0.2, -0.15) is 8.42 Å². The normalized spacial score (nSPS) is 28.0. The first-order valence-electron chi connectivity index (χ1n) is 6.23. The molecule has 0 heterocycles. The van der Waals surface area contributed by atoms with E-state index in [1.54, 1.807) is 0 Å². The van der Waals surface area contributed by atoms with Crippen LogP contribution < -0.4 is 0 Å². The molecule has 1 rings (SSSR count). The molecule has 0 saturated heterocycles. The third-order valence-corrected chi connectivity index (χ3v) is 5.75. The molecular weight excluding hydrogens is 227 g/mol. The van der Waals surface area contributed by atoms with Gasteiger partial charge in [0.2, 0.25) is 0 Å². The van der Waals surface area contributed by atoms with E-state index in [1.807, 2.05) is 0 Å². The van der Waals surface area contributed by atoms with Gasteiger partial charge in [0, 0.05) is 0 Å². The van der Waals surface area contributed by atoms with E-state index < -0.39 is 15.0 Å². The van der Waals surface area contributed by atoms with E-state index in [0.29, 0.717) is 0 Å². The molecule has 1 aliphatic carbocycles. The van der Waals surface area contributed by atoms with Crippen molar-refractivity contribution in [2.24, 2.45) is 11.8 Å². The topological polar surface area (TPSA) is 34.1 Å². The summed E-state index contributed by atoms with van der Waals surface area (Å²) in [5.41, 5.74) is 0. The monoisotopic (exact) mass is 250 g/mol. The smallest absolute Gasteiger partial charge is 0.194 e. The third kappa shape index (κ3) is 2.96. The van der Waals surface area contributed by atoms with Crippen LogP contribution in [0.3, 0.4) is 0 Å². The molecule has 1 aliphatic rings. The van der Waals surface area contributed by atoms with Gasteiger partial charge in [-0.15, -0.1) is 3.89 Å². The number of hydrogen-bond acceptors (Lipinski definition) is 2. The van der Waals surface area contributed by atoms with Crippen LogP contribution in [0.5, 0.6) is 0 Å². The lowest BCUT2D eigenvalue weighted by atomic mass is 9.75. The van der Waals surface area contributed by atoms with E-state index in [4.69, 9.17) is 0 Å².